The zero-order chi connectivity index (χ0) is 26.7. The summed E-state index contributed by atoms with van der Waals surface area (Å²) in [5, 5.41) is 10.9. The minimum atomic E-state index is -5.35. The summed E-state index contributed by atoms with van der Waals surface area (Å²) < 4.78 is 93.1. The second-order valence-electron chi connectivity index (χ2n) is 8.43. The van der Waals surface area contributed by atoms with Gasteiger partial charge in [-0.1, -0.05) is 54.6 Å². The quantitative estimate of drug-likeness (QED) is 0.104. The van der Waals surface area contributed by atoms with Gasteiger partial charge in [-0.15, -0.1) is 22.6 Å². The van der Waals surface area contributed by atoms with Crippen LogP contribution in [0.1, 0.15) is 11.1 Å². The fraction of sp³-hybridized carbons (Fsp3) is 0.0714. The van der Waals surface area contributed by atoms with Gasteiger partial charge in [0, 0.05) is 31.1 Å². The van der Waals surface area contributed by atoms with Crippen LogP contribution in [0.2, 0.25) is 0 Å². The minimum absolute atomic E-state index is 0. The Hall–Kier alpha value is -3.95. The van der Waals surface area contributed by atoms with Gasteiger partial charge in [0.25, 0.3) is 0 Å². The van der Waals surface area contributed by atoms with Crippen LogP contribution in [0.25, 0.3) is 44.0 Å². The SMILES string of the molecule is FC(F)(F)c1cccc(Oc2nnc(-c3[c-]c4ccccc4o3)c3cc4ccccc4cc23)c1C(F)(F)F.[Ir]. The molecule has 0 atom stereocenters. The predicted molar refractivity (Wildman–Crippen MR) is 128 cm³/mol. The molecule has 39 heavy (non-hydrogen) atoms. The summed E-state index contributed by atoms with van der Waals surface area (Å²) in [5.41, 5.74) is -3.02. The van der Waals surface area contributed by atoms with Gasteiger partial charge in [-0.2, -0.15) is 31.4 Å². The van der Waals surface area contributed by atoms with Crippen LogP contribution >= 0.6 is 0 Å². The summed E-state index contributed by atoms with van der Waals surface area (Å²) in [4.78, 5) is 0. The number of nitrogens with zero attached hydrogens (tertiary/aromatic N) is 2. The Labute approximate surface area is 229 Å². The number of furan rings is 1. The van der Waals surface area contributed by atoms with Gasteiger partial charge in [0.1, 0.15) is 11.3 Å². The molecule has 0 aliphatic carbocycles. The number of para-hydroxylation sites is 1. The molecule has 0 aliphatic rings. The summed E-state index contributed by atoms with van der Waals surface area (Å²) >= 11 is 0. The summed E-state index contributed by atoms with van der Waals surface area (Å²) in [6.45, 7) is 0. The Morgan fingerprint density at radius 1 is 0.718 bits per heavy atom. The molecule has 0 saturated carbocycles. The molecule has 1 radical (unpaired) electrons. The third-order valence-electron chi connectivity index (χ3n) is 6.00. The van der Waals surface area contributed by atoms with E-state index in [1.807, 2.05) is 12.1 Å². The molecular formula is C28H13F6IrN2O2-. The first-order chi connectivity index (χ1) is 18.1. The molecule has 0 bridgehead atoms. The van der Waals surface area contributed by atoms with Crippen molar-refractivity contribution in [1.82, 2.24) is 10.2 Å². The van der Waals surface area contributed by atoms with E-state index < -0.39 is 35.1 Å². The van der Waals surface area contributed by atoms with Crippen molar-refractivity contribution in [3.63, 3.8) is 0 Å². The first-order valence-corrected chi connectivity index (χ1v) is 11.2. The van der Waals surface area contributed by atoms with Crippen LogP contribution in [0, 0.1) is 6.07 Å². The molecule has 2 aromatic heterocycles. The fourth-order valence-electron chi connectivity index (χ4n) is 4.33. The number of rotatable bonds is 3. The van der Waals surface area contributed by atoms with Crippen molar-refractivity contribution in [2.24, 2.45) is 0 Å². The van der Waals surface area contributed by atoms with Crippen LogP contribution in [-0.2, 0) is 32.5 Å². The molecule has 0 saturated heterocycles. The van der Waals surface area contributed by atoms with Crippen molar-refractivity contribution < 1.29 is 55.6 Å². The molecule has 2 heterocycles. The normalized spacial score (nSPS) is 12.2. The summed E-state index contributed by atoms with van der Waals surface area (Å²) in [6, 6.07) is 22.8. The van der Waals surface area contributed by atoms with Gasteiger partial charge in [0.05, 0.1) is 17.0 Å². The zero-order valence-electron chi connectivity index (χ0n) is 19.3. The average Bonchev–Trinajstić information content (AvgIpc) is 3.30. The standard InChI is InChI=1S/C28H13F6N2O2.Ir/c29-27(30,31)20-9-5-11-22(24(20)28(32,33)34)38-26-19-13-16-7-2-1-6-15(16)12-18(19)25(35-36-26)23-14-17-8-3-4-10-21(17)37-23;/h1-13H;/q-1;. The zero-order valence-corrected chi connectivity index (χ0v) is 21.7. The van der Waals surface area contributed by atoms with Gasteiger partial charge in [0.15, 0.2) is 0 Å². The van der Waals surface area contributed by atoms with Crippen LogP contribution in [0.4, 0.5) is 26.3 Å². The Morgan fingerprint density at radius 3 is 2.05 bits per heavy atom. The van der Waals surface area contributed by atoms with Gasteiger partial charge in [-0.05, 0) is 34.4 Å². The first-order valence-electron chi connectivity index (χ1n) is 11.2. The van der Waals surface area contributed by atoms with Crippen molar-refractivity contribution in [1.29, 1.82) is 0 Å². The third kappa shape index (κ3) is 4.84. The molecule has 0 amide bonds. The van der Waals surface area contributed by atoms with Gasteiger partial charge in [-0.3, -0.25) is 0 Å². The molecule has 0 fully saturated rings. The van der Waals surface area contributed by atoms with E-state index in [1.54, 1.807) is 48.5 Å². The minimum Gasteiger partial charge on any atom is -0.518 e. The maximum absolute atomic E-state index is 13.8. The first kappa shape index (κ1) is 26.6. The number of benzene rings is 4. The van der Waals surface area contributed by atoms with E-state index in [1.165, 1.54) is 0 Å². The van der Waals surface area contributed by atoms with Gasteiger partial charge in [0.2, 0.25) is 5.88 Å². The molecule has 0 N–H and O–H groups in total. The average molecular weight is 716 g/mol. The molecule has 0 unspecified atom stereocenters. The topological polar surface area (TPSA) is 48.2 Å². The summed E-state index contributed by atoms with van der Waals surface area (Å²) in [7, 11) is 0. The Bertz CT molecular complexity index is 1810. The van der Waals surface area contributed by atoms with Gasteiger partial charge >= 0.3 is 12.4 Å². The molecule has 0 spiro atoms. The maximum Gasteiger partial charge on any atom is 0.420 e. The van der Waals surface area contributed by atoms with Crippen LogP contribution in [0.5, 0.6) is 11.6 Å². The Kier molecular flexibility index (Phi) is 6.60. The van der Waals surface area contributed by atoms with E-state index in [0.29, 0.717) is 27.8 Å². The number of aromatic nitrogens is 2. The van der Waals surface area contributed by atoms with E-state index in [-0.39, 0.29) is 36.9 Å². The number of hydrogen-bond acceptors (Lipinski definition) is 4. The van der Waals surface area contributed by atoms with E-state index >= 15 is 0 Å². The fourth-order valence-corrected chi connectivity index (χ4v) is 4.33. The summed E-state index contributed by atoms with van der Waals surface area (Å²) in [5.74, 6) is -1.20. The second kappa shape index (κ2) is 9.66. The number of alkyl halides is 6. The molecule has 6 rings (SSSR count). The van der Waals surface area contributed by atoms with Crippen LogP contribution < -0.4 is 4.74 Å². The molecule has 199 valence electrons. The number of ether oxygens (including phenoxy) is 1. The van der Waals surface area contributed by atoms with E-state index in [4.69, 9.17) is 9.15 Å². The third-order valence-corrected chi connectivity index (χ3v) is 6.00. The molecule has 6 aromatic rings. The number of fused-ring (bicyclic) bond motifs is 3. The summed E-state index contributed by atoms with van der Waals surface area (Å²) in [6.07, 6.45) is -10.6. The van der Waals surface area contributed by atoms with Crippen molar-refractivity contribution in [3.8, 4) is 23.1 Å². The smallest absolute Gasteiger partial charge is 0.420 e. The maximum atomic E-state index is 13.8. The van der Waals surface area contributed by atoms with Gasteiger partial charge in [-0.25, -0.2) is 0 Å². The van der Waals surface area contributed by atoms with Crippen LogP contribution in [-0.4, -0.2) is 10.2 Å². The Morgan fingerprint density at radius 2 is 1.38 bits per heavy atom. The molecular weight excluding hydrogens is 703 g/mol. The van der Waals surface area contributed by atoms with Crippen molar-refractivity contribution in [2.75, 3.05) is 0 Å². The van der Waals surface area contributed by atoms with Crippen LogP contribution in [0.15, 0.2) is 83.3 Å². The van der Waals surface area contributed by atoms with Crippen molar-refractivity contribution in [3.05, 3.63) is 96.1 Å². The molecule has 11 heteroatoms. The predicted octanol–water partition coefficient (Wildman–Crippen LogP) is 8.82. The molecule has 4 aromatic carbocycles. The second-order valence-corrected chi connectivity index (χ2v) is 8.43. The van der Waals surface area contributed by atoms with Crippen LogP contribution in [0.3, 0.4) is 0 Å². The van der Waals surface area contributed by atoms with Crippen molar-refractivity contribution in [2.45, 2.75) is 12.4 Å². The van der Waals surface area contributed by atoms with Crippen molar-refractivity contribution >= 4 is 32.5 Å². The monoisotopic (exact) mass is 716 g/mol. The molecule has 4 nitrogen and oxygen atoms in total. The largest absolute Gasteiger partial charge is 0.518 e. The molecule has 0 aliphatic heterocycles. The number of halogens is 6. The number of hydrogen-bond donors (Lipinski definition) is 0. The van der Waals surface area contributed by atoms with E-state index in [9.17, 15) is 26.3 Å². The Balaban J connectivity index is 0.00000308. The van der Waals surface area contributed by atoms with E-state index in [0.717, 1.165) is 17.5 Å². The van der Waals surface area contributed by atoms with Gasteiger partial charge < -0.3 is 9.15 Å². The van der Waals surface area contributed by atoms with E-state index in [2.05, 4.69) is 16.3 Å².